The fourth-order valence-electron chi connectivity index (χ4n) is 5.12. The molecule has 10 nitrogen and oxygen atoms in total. The predicted octanol–water partition coefficient (Wildman–Crippen LogP) is 6.26. The van der Waals surface area contributed by atoms with E-state index >= 15 is 0 Å². The quantitative estimate of drug-likeness (QED) is 0.138. The number of hydrogen-bond acceptors (Lipinski definition) is 8. The molecule has 0 aliphatic rings. The molecule has 1 amide bonds. The Bertz CT molecular complexity index is 1830. The summed E-state index contributed by atoms with van der Waals surface area (Å²) in [7, 11) is 1.21. The maximum atomic E-state index is 14.2. The van der Waals surface area contributed by atoms with Crippen molar-refractivity contribution in [2.24, 2.45) is 11.8 Å². The fourth-order valence-corrected chi connectivity index (χ4v) is 5.12. The third-order valence-corrected chi connectivity index (χ3v) is 7.59. The second-order valence-corrected chi connectivity index (χ2v) is 11.3. The van der Waals surface area contributed by atoms with Crippen molar-refractivity contribution in [2.75, 3.05) is 7.11 Å². The van der Waals surface area contributed by atoms with E-state index in [-0.39, 0.29) is 48.5 Å². The standard InChI is InChI=1S/C35H34FN3O7/c1-20(2)30(34-39-31(35(43)44-3)32(46-34)27-18-37-28-14-11-24(36)17-26(27)28)38-33(42)23(15-21-9-12-25(40)13-10-21)16-29(41)45-19-22-7-5-4-6-8-22/h4-14,17-18,20,23,30,37,40H,15-16,19H2,1-3H3,(H,38,42). The van der Waals surface area contributed by atoms with Crippen LogP contribution < -0.4 is 5.32 Å². The van der Waals surface area contributed by atoms with Gasteiger partial charge in [-0.3, -0.25) is 9.59 Å². The number of fused-ring (bicyclic) bond motifs is 1. The van der Waals surface area contributed by atoms with Crippen LogP contribution in [0.5, 0.6) is 5.75 Å². The molecule has 11 heteroatoms. The summed E-state index contributed by atoms with van der Waals surface area (Å²) in [6, 6.07) is 19.0. The molecule has 0 aliphatic carbocycles. The number of aromatic nitrogens is 2. The van der Waals surface area contributed by atoms with Crippen LogP contribution in [-0.2, 0) is 32.1 Å². The van der Waals surface area contributed by atoms with E-state index in [4.69, 9.17) is 13.9 Å². The Balaban J connectivity index is 1.43. The molecule has 0 saturated carbocycles. The zero-order valence-corrected chi connectivity index (χ0v) is 25.6. The van der Waals surface area contributed by atoms with Gasteiger partial charge in [0.2, 0.25) is 11.8 Å². The van der Waals surface area contributed by atoms with E-state index in [9.17, 15) is 23.9 Å². The summed E-state index contributed by atoms with van der Waals surface area (Å²) < 4.78 is 30.7. The number of aromatic hydroxyl groups is 1. The summed E-state index contributed by atoms with van der Waals surface area (Å²) in [4.78, 5) is 47.1. The Morgan fingerprint density at radius 1 is 1.02 bits per heavy atom. The number of esters is 2. The van der Waals surface area contributed by atoms with Crippen molar-refractivity contribution >= 4 is 28.7 Å². The Morgan fingerprint density at radius 3 is 2.46 bits per heavy atom. The molecule has 5 aromatic rings. The van der Waals surface area contributed by atoms with Crippen LogP contribution in [0.1, 0.15) is 53.8 Å². The predicted molar refractivity (Wildman–Crippen MR) is 167 cm³/mol. The van der Waals surface area contributed by atoms with Crippen molar-refractivity contribution in [1.29, 1.82) is 0 Å². The Hall–Kier alpha value is -5.45. The number of nitrogens with one attached hydrogen (secondary N) is 2. The largest absolute Gasteiger partial charge is 0.508 e. The average Bonchev–Trinajstić information content (AvgIpc) is 3.67. The van der Waals surface area contributed by atoms with E-state index in [1.807, 2.05) is 44.2 Å². The Morgan fingerprint density at radius 2 is 1.76 bits per heavy atom. The van der Waals surface area contributed by atoms with E-state index in [0.717, 1.165) is 11.1 Å². The number of carbonyl (C=O) groups excluding carboxylic acids is 3. The molecule has 2 atom stereocenters. The minimum absolute atomic E-state index is 0.0412. The van der Waals surface area contributed by atoms with E-state index < -0.39 is 35.6 Å². The lowest BCUT2D eigenvalue weighted by Crippen LogP contribution is -2.38. The van der Waals surface area contributed by atoms with Crippen LogP contribution in [0.25, 0.3) is 22.2 Å². The van der Waals surface area contributed by atoms with Crippen LogP contribution >= 0.6 is 0 Å². The highest BCUT2D eigenvalue weighted by atomic mass is 19.1. The Labute approximate surface area is 264 Å². The maximum Gasteiger partial charge on any atom is 0.360 e. The SMILES string of the molecule is COC(=O)c1nc(C(NC(=O)C(CC(=O)OCc2ccccc2)Cc2ccc(O)cc2)C(C)C)oc1-c1c[nH]c2ccc(F)cc12. The van der Waals surface area contributed by atoms with Crippen molar-refractivity contribution < 1.29 is 37.8 Å². The smallest absolute Gasteiger partial charge is 0.360 e. The molecule has 238 valence electrons. The van der Waals surface area contributed by atoms with Crippen molar-refractivity contribution in [3.63, 3.8) is 0 Å². The molecule has 0 radical (unpaired) electrons. The number of nitrogens with zero attached hydrogens (tertiary/aromatic N) is 1. The van der Waals surface area contributed by atoms with Crippen LogP contribution in [0.3, 0.4) is 0 Å². The lowest BCUT2D eigenvalue weighted by molar-refractivity contribution is -0.148. The number of benzene rings is 3. The van der Waals surface area contributed by atoms with E-state index in [2.05, 4.69) is 15.3 Å². The van der Waals surface area contributed by atoms with Crippen molar-refractivity contribution in [2.45, 2.75) is 39.3 Å². The van der Waals surface area contributed by atoms with E-state index in [0.29, 0.717) is 16.5 Å². The second kappa shape index (κ2) is 14.1. The van der Waals surface area contributed by atoms with Crippen LogP contribution in [0, 0.1) is 17.7 Å². The molecule has 3 N–H and O–H groups in total. The van der Waals surface area contributed by atoms with Crippen molar-refractivity contribution in [1.82, 2.24) is 15.3 Å². The molecule has 2 aromatic heterocycles. The molecule has 0 fully saturated rings. The highest BCUT2D eigenvalue weighted by Gasteiger charge is 2.33. The first-order valence-electron chi connectivity index (χ1n) is 14.8. The fraction of sp³-hybridized carbons (Fsp3) is 0.257. The summed E-state index contributed by atoms with van der Waals surface area (Å²) in [5, 5.41) is 13.2. The van der Waals surface area contributed by atoms with Gasteiger partial charge in [0.25, 0.3) is 0 Å². The lowest BCUT2D eigenvalue weighted by atomic mass is 9.94. The number of hydrogen-bond donors (Lipinski definition) is 3. The normalized spacial score (nSPS) is 12.5. The van der Waals surface area contributed by atoms with Crippen molar-refractivity contribution in [3.8, 4) is 17.1 Å². The number of ether oxygens (including phenoxy) is 2. The topological polar surface area (TPSA) is 144 Å². The zero-order chi connectivity index (χ0) is 32.8. The first-order valence-corrected chi connectivity index (χ1v) is 14.8. The second-order valence-electron chi connectivity index (χ2n) is 11.3. The monoisotopic (exact) mass is 627 g/mol. The number of aromatic amines is 1. The number of phenols is 1. The van der Waals surface area contributed by atoms with Gasteiger partial charge in [0.15, 0.2) is 11.5 Å². The maximum absolute atomic E-state index is 14.2. The van der Waals surface area contributed by atoms with E-state index in [1.165, 1.54) is 31.4 Å². The van der Waals surface area contributed by atoms with E-state index in [1.54, 1.807) is 24.4 Å². The number of methoxy groups -OCH3 is 1. The molecular formula is C35H34FN3O7. The number of amides is 1. The molecule has 0 spiro atoms. The molecule has 5 rings (SSSR count). The number of rotatable bonds is 12. The van der Waals surface area contributed by atoms with Gasteiger partial charge in [-0.2, -0.15) is 0 Å². The third-order valence-electron chi connectivity index (χ3n) is 7.59. The van der Waals surface area contributed by atoms with Crippen molar-refractivity contribution in [3.05, 3.63) is 108 Å². The average molecular weight is 628 g/mol. The summed E-state index contributed by atoms with van der Waals surface area (Å²) in [5.74, 6) is -3.19. The first-order chi connectivity index (χ1) is 22.1. The van der Waals surface area contributed by atoms with Gasteiger partial charge < -0.3 is 29.3 Å². The molecule has 0 bridgehead atoms. The number of carbonyl (C=O) groups is 3. The van der Waals surface area contributed by atoms with Gasteiger partial charge in [0.1, 0.15) is 24.2 Å². The molecule has 3 aromatic carbocycles. The summed E-state index contributed by atoms with van der Waals surface area (Å²) in [5.41, 5.74) is 2.43. The van der Waals surface area contributed by atoms with Crippen LogP contribution in [0.2, 0.25) is 0 Å². The van der Waals surface area contributed by atoms with Crippen LogP contribution in [0.4, 0.5) is 4.39 Å². The zero-order valence-electron chi connectivity index (χ0n) is 25.6. The number of halogens is 1. The van der Waals surface area contributed by atoms with Gasteiger partial charge in [-0.25, -0.2) is 14.2 Å². The van der Waals surface area contributed by atoms with Gasteiger partial charge in [-0.1, -0.05) is 56.3 Å². The van der Waals surface area contributed by atoms with Gasteiger partial charge in [0, 0.05) is 22.7 Å². The minimum atomic E-state index is -0.847. The minimum Gasteiger partial charge on any atom is -0.508 e. The summed E-state index contributed by atoms with van der Waals surface area (Å²) in [6.45, 7) is 3.75. The number of oxazole rings is 1. The first kappa shape index (κ1) is 32.0. The molecule has 2 heterocycles. The highest BCUT2D eigenvalue weighted by molar-refractivity contribution is 6.01. The van der Waals surface area contributed by atoms with Gasteiger partial charge in [-0.05, 0) is 53.8 Å². The van der Waals surface area contributed by atoms with Crippen LogP contribution in [0.15, 0.2) is 83.4 Å². The van der Waals surface area contributed by atoms with Gasteiger partial charge in [-0.15, -0.1) is 0 Å². The van der Waals surface area contributed by atoms with Gasteiger partial charge >= 0.3 is 11.9 Å². The number of H-pyrrole nitrogens is 1. The molecule has 0 aliphatic heterocycles. The number of phenolic OH excluding ortho intramolecular Hbond substituents is 1. The molecule has 46 heavy (non-hydrogen) atoms. The summed E-state index contributed by atoms with van der Waals surface area (Å²) in [6.07, 6.45) is 1.55. The molecule has 0 saturated heterocycles. The lowest BCUT2D eigenvalue weighted by Gasteiger charge is -2.23. The highest BCUT2D eigenvalue weighted by Crippen LogP contribution is 2.35. The summed E-state index contributed by atoms with van der Waals surface area (Å²) >= 11 is 0. The Kier molecular flexibility index (Phi) is 9.80. The van der Waals surface area contributed by atoms with Crippen LogP contribution in [-0.4, -0.2) is 40.0 Å². The third kappa shape index (κ3) is 7.43. The molecular weight excluding hydrogens is 593 g/mol. The van der Waals surface area contributed by atoms with Gasteiger partial charge in [0.05, 0.1) is 19.4 Å². The molecule has 2 unspecified atom stereocenters.